The third kappa shape index (κ3) is 4.39. The smallest absolute Gasteiger partial charge is 0.307 e. The molecule has 1 aliphatic heterocycles. The van der Waals surface area contributed by atoms with Crippen LogP contribution >= 0.6 is 0 Å². The van der Waals surface area contributed by atoms with Crippen molar-refractivity contribution >= 4 is 5.97 Å². The molecular weight excluding hydrogens is 390 g/mol. The average molecular weight is 422 g/mol. The maximum atomic E-state index is 11.1. The number of carboxylic acids is 1. The molecule has 6 nitrogen and oxygen atoms in total. The lowest BCUT2D eigenvalue weighted by molar-refractivity contribution is -0.136. The van der Waals surface area contributed by atoms with Gasteiger partial charge in [-0.05, 0) is 59.9 Å². The summed E-state index contributed by atoms with van der Waals surface area (Å²) in [5.41, 5.74) is 13.0. The van der Waals surface area contributed by atoms with Crippen molar-refractivity contribution in [3.63, 3.8) is 0 Å². The molecule has 3 aliphatic rings. The molecule has 31 heavy (non-hydrogen) atoms. The molecule has 3 unspecified atom stereocenters. The van der Waals surface area contributed by atoms with E-state index in [0.717, 1.165) is 49.8 Å². The van der Waals surface area contributed by atoms with E-state index in [2.05, 4.69) is 40.4 Å². The number of aliphatic carboxylic acids is 1. The van der Waals surface area contributed by atoms with Crippen LogP contribution in [0.15, 0.2) is 42.5 Å². The molecule has 0 amide bonds. The topological polar surface area (TPSA) is 93.6 Å². The molecule has 2 aromatic carbocycles. The van der Waals surface area contributed by atoms with E-state index in [1.165, 1.54) is 16.7 Å². The Kier molecular flexibility index (Phi) is 5.80. The number of rotatable bonds is 6. The monoisotopic (exact) mass is 421 g/mol. The van der Waals surface area contributed by atoms with Crippen molar-refractivity contribution in [3.05, 3.63) is 70.3 Å². The summed E-state index contributed by atoms with van der Waals surface area (Å²) in [5.74, 6) is -0.385. The van der Waals surface area contributed by atoms with Gasteiger partial charge < -0.3 is 15.5 Å². The van der Waals surface area contributed by atoms with Gasteiger partial charge in [0, 0.05) is 18.5 Å². The van der Waals surface area contributed by atoms with Crippen molar-refractivity contribution in [2.75, 3.05) is 0 Å². The van der Waals surface area contributed by atoms with Gasteiger partial charge in [0.1, 0.15) is 0 Å². The highest BCUT2D eigenvalue weighted by molar-refractivity contribution is 5.70. The van der Waals surface area contributed by atoms with Crippen LogP contribution in [-0.4, -0.2) is 28.3 Å². The molecule has 3 atom stereocenters. The van der Waals surface area contributed by atoms with Crippen molar-refractivity contribution in [2.24, 2.45) is 5.92 Å². The first-order valence-corrected chi connectivity index (χ1v) is 11.4. The standard InChI is InChI=1S/C25H31N3O3/c29-20-7-5-19(6-8-20)26-14-16-4-9-21-18(11-16)13-22-24(27-28-25(21)22)17-3-1-2-15(10-17)12-23(30)31/h1-4,9-11,19-20,22,24-29H,5-8,12-14H2,(H,30,31). The zero-order valence-corrected chi connectivity index (χ0v) is 17.7. The molecule has 0 spiro atoms. The van der Waals surface area contributed by atoms with Crippen molar-refractivity contribution in [3.8, 4) is 0 Å². The van der Waals surface area contributed by atoms with Crippen molar-refractivity contribution < 1.29 is 15.0 Å². The lowest BCUT2D eigenvalue weighted by Gasteiger charge is -2.26. The summed E-state index contributed by atoms with van der Waals surface area (Å²) < 4.78 is 0. The number of aliphatic hydroxyl groups excluding tert-OH is 1. The molecule has 0 aromatic heterocycles. The second kappa shape index (κ2) is 8.71. The van der Waals surface area contributed by atoms with E-state index in [-0.39, 0.29) is 24.6 Å². The minimum Gasteiger partial charge on any atom is -0.481 e. The van der Waals surface area contributed by atoms with Gasteiger partial charge in [0.2, 0.25) is 0 Å². The largest absolute Gasteiger partial charge is 0.481 e. The minimum absolute atomic E-state index is 0.0542. The van der Waals surface area contributed by atoms with Gasteiger partial charge in [0.25, 0.3) is 0 Å². The van der Waals surface area contributed by atoms with Crippen molar-refractivity contribution in [1.29, 1.82) is 0 Å². The molecule has 5 rings (SSSR count). The second-order valence-electron chi connectivity index (χ2n) is 9.35. The van der Waals surface area contributed by atoms with Gasteiger partial charge >= 0.3 is 5.97 Å². The molecule has 164 valence electrons. The number of carbonyl (C=O) groups is 1. The number of fused-ring (bicyclic) bond motifs is 3. The Morgan fingerprint density at radius 1 is 1.00 bits per heavy atom. The predicted molar refractivity (Wildman–Crippen MR) is 118 cm³/mol. The van der Waals surface area contributed by atoms with E-state index in [4.69, 9.17) is 5.11 Å². The highest BCUT2D eigenvalue weighted by Crippen LogP contribution is 2.46. The van der Waals surface area contributed by atoms with E-state index in [9.17, 15) is 9.90 Å². The van der Waals surface area contributed by atoms with E-state index in [0.29, 0.717) is 12.0 Å². The molecule has 5 N–H and O–H groups in total. The summed E-state index contributed by atoms with van der Waals surface area (Å²) in [7, 11) is 0. The summed E-state index contributed by atoms with van der Waals surface area (Å²) in [6, 6.07) is 15.7. The summed E-state index contributed by atoms with van der Waals surface area (Å²) in [5, 5.41) is 22.5. The average Bonchev–Trinajstić information content (AvgIpc) is 3.32. The van der Waals surface area contributed by atoms with Crippen molar-refractivity contribution in [1.82, 2.24) is 16.2 Å². The van der Waals surface area contributed by atoms with Crippen LogP contribution in [-0.2, 0) is 24.2 Å². The number of hydrogen-bond acceptors (Lipinski definition) is 5. The predicted octanol–water partition coefficient (Wildman–Crippen LogP) is 2.77. The van der Waals surface area contributed by atoms with Crippen molar-refractivity contribution in [2.45, 2.75) is 69.3 Å². The third-order valence-corrected chi connectivity index (χ3v) is 7.21. The number of hydrazine groups is 1. The Hall–Kier alpha value is -2.25. The molecular formula is C25H31N3O3. The molecule has 2 fully saturated rings. The van der Waals surface area contributed by atoms with Gasteiger partial charge in [-0.15, -0.1) is 0 Å². The summed E-state index contributed by atoms with van der Waals surface area (Å²) in [6.45, 7) is 0.871. The number of benzene rings is 2. The van der Waals surface area contributed by atoms with Gasteiger partial charge in [0.15, 0.2) is 0 Å². The summed E-state index contributed by atoms with van der Waals surface area (Å²) >= 11 is 0. The second-order valence-corrected chi connectivity index (χ2v) is 9.35. The molecule has 2 aromatic rings. The first-order chi connectivity index (χ1) is 15.1. The van der Waals surface area contributed by atoms with Crippen LogP contribution in [0.4, 0.5) is 0 Å². The Bertz CT molecular complexity index is 955. The quantitative estimate of drug-likeness (QED) is 0.493. The fraction of sp³-hybridized carbons (Fsp3) is 0.480. The fourth-order valence-electron chi connectivity index (χ4n) is 5.58. The fourth-order valence-corrected chi connectivity index (χ4v) is 5.58. The van der Waals surface area contributed by atoms with E-state index in [1.807, 2.05) is 18.2 Å². The van der Waals surface area contributed by atoms with E-state index < -0.39 is 5.97 Å². The van der Waals surface area contributed by atoms with Gasteiger partial charge in [-0.25, -0.2) is 10.9 Å². The number of carboxylic acid groups (broad SMARTS) is 1. The Labute approximate surface area is 183 Å². The summed E-state index contributed by atoms with van der Waals surface area (Å²) in [6.07, 6.45) is 4.85. The highest BCUT2D eigenvalue weighted by atomic mass is 16.4. The Morgan fingerprint density at radius 2 is 1.81 bits per heavy atom. The normalized spacial score (nSPS) is 29.5. The number of aliphatic hydroxyl groups is 1. The minimum atomic E-state index is -0.800. The first kappa shape index (κ1) is 20.6. The molecule has 1 heterocycles. The Balaban J connectivity index is 1.26. The highest BCUT2D eigenvalue weighted by Gasteiger charge is 2.43. The van der Waals surface area contributed by atoms with Crippen LogP contribution in [0.25, 0.3) is 0 Å². The molecule has 2 aliphatic carbocycles. The van der Waals surface area contributed by atoms with Crippen LogP contribution in [0.1, 0.15) is 65.6 Å². The molecule has 6 heteroatoms. The van der Waals surface area contributed by atoms with Gasteiger partial charge in [-0.3, -0.25) is 4.79 Å². The van der Waals surface area contributed by atoms with E-state index in [1.54, 1.807) is 0 Å². The molecule has 0 radical (unpaired) electrons. The molecule has 0 bridgehead atoms. The zero-order chi connectivity index (χ0) is 21.4. The summed E-state index contributed by atoms with van der Waals surface area (Å²) in [4.78, 5) is 11.1. The van der Waals surface area contributed by atoms with Gasteiger partial charge in [-0.1, -0.05) is 42.5 Å². The lowest BCUT2D eigenvalue weighted by Crippen LogP contribution is -2.34. The number of hydrogen-bond donors (Lipinski definition) is 5. The molecule has 1 saturated heterocycles. The molecule has 1 saturated carbocycles. The van der Waals surface area contributed by atoms with Gasteiger partial charge in [-0.2, -0.15) is 0 Å². The maximum absolute atomic E-state index is 11.1. The number of nitrogens with one attached hydrogen (secondary N) is 3. The van der Waals surface area contributed by atoms with Crippen LogP contribution in [0.3, 0.4) is 0 Å². The van der Waals surface area contributed by atoms with Crippen LogP contribution in [0.5, 0.6) is 0 Å². The Morgan fingerprint density at radius 3 is 2.61 bits per heavy atom. The third-order valence-electron chi connectivity index (χ3n) is 7.21. The van der Waals surface area contributed by atoms with Gasteiger partial charge in [0.05, 0.1) is 24.6 Å². The lowest BCUT2D eigenvalue weighted by atomic mass is 9.89. The first-order valence-electron chi connectivity index (χ1n) is 11.4. The van der Waals surface area contributed by atoms with Crippen LogP contribution < -0.4 is 16.2 Å². The van der Waals surface area contributed by atoms with Crippen LogP contribution in [0, 0.1) is 5.92 Å². The van der Waals surface area contributed by atoms with Crippen LogP contribution in [0.2, 0.25) is 0 Å². The maximum Gasteiger partial charge on any atom is 0.307 e. The SMILES string of the molecule is O=C(O)Cc1cccc(C2NNC3c4ccc(CNC5CCC(O)CC5)cc4CC23)c1. The van der Waals surface area contributed by atoms with E-state index >= 15 is 0 Å². The zero-order valence-electron chi connectivity index (χ0n) is 17.7.